The lowest BCUT2D eigenvalue weighted by molar-refractivity contribution is 0.0996. The van der Waals surface area contributed by atoms with Crippen molar-refractivity contribution in [1.29, 1.82) is 0 Å². The summed E-state index contributed by atoms with van der Waals surface area (Å²) in [5.41, 5.74) is 5.86. The maximum absolute atomic E-state index is 13.6. The van der Waals surface area contributed by atoms with Crippen LogP contribution in [-0.4, -0.2) is 5.91 Å². The van der Waals surface area contributed by atoms with Crippen molar-refractivity contribution in [3.8, 4) is 0 Å². The van der Waals surface area contributed by atoms with Crippen LogP contribution in [0.5, 0.6) is 0 Å². The van der Waals surface area contributed by atoms with Gasteiger partial charge in [0.25, 0.3) is 5.91 Å². The normalized spacial score (nSPS) is 11.9. The number of hydrogen-bond donors (Lipinski definition) is 2. The van der Waals surface area contributed by atoms with E-state index in [1.54, 1.807) is 25.1 Å². The number of benzene rings is 2. The van der Waals surface area contributed by atoms with Crippen LogP contribution in [-0.2, 0) is 0 Å². The third-order valence-corrected chi connectivity index (χ3v) is 2.99. The van der Waals surface area contributed by atoms with Gasteiger partial charge < -0.3 is 11.1 Å². The second kappa shape index (κ2) is 5.69. The standard InChI is InChI=1S/C15H14F2N2O/c1-9(11-4-2-3-5-13(11)16)19-10-6-7-14(17)12(8-10)15(18)20/h2-9,19H,1H3,(H2,18,20). The smallest absolute Gasteiger partial charge is 0.251 e. The third-order valence-electron chi connectivity index (χ3n) is 2.99. The van der Waals surface area contributed by atoms with Crippen LogP contribution in [0.15, 0.2) is 42.5 Å². The summed E-state index contributed by atoms with van der Waals surface area (Å²) in [5.74, 6) is -1.85. The van der Waals surface area contributed by atoms with Gasteiger partial charge in [-0.1, -0.05) is 18.2 Å². The SMILES string of the molecule is CC(Nc1ccc(F)c(C(N)=O)c1)c1ccccc1F. The van der Waals surface area contributed by atoms with Crippen molar-refractivity contribution in [2.75, 3.05) is 5.32 Å². The maximum Gasteiger partial charge on any atom is 0.251 e. The highest BCUT2D eigenvalue weighted by molar-refractivity contribution is 5.94. The summed E-state index contributed by atoms with van der Waals surface area (Å²) in [6, 6.07) is 9.97. The quantitative estimate of drug-likeness (QED) is 0.900. The van der Waals surface area contributed by atoms with Gasteiger partial charge in [0, 0.05) is 11.3 Å². The summed E-state index contributed by atoms with van der Waals surface area (Å²) in [4.78, 5) is 11.1. The predicted molar refractivity (Wildman–Crippen MR) is 73.4 cm³/mol. The molecule has 1 amide bonds. The first-order chi connectivity index (χ1) is 9.49. The average Bonchev–Trinajstić information content (AvgIpc) is 2.41. The van der Waals surface area contributed by atoms with Gasteiger partial charge in [0.1, 0.15) is 11.6 Å². The Bertz CT molecular complexity index is 644. The van der Waals surface area contributed by atoms with E-state index in [4.69, 9.17) is 5.73 Å². The summed E-state index contributed by atoms with van der Waals surface area (Å²) in [6.07, 6.45) is 0. The van der Waals surface area contributed by atoms with E-state index < -0.39 is 11.7 Å². The van der Waals surface area contributed by atoms with Gasteiger partial charge in [-0.05, 0) is 31.2 Å². The van der Waals surface area contributed by atoms with Gasteiger partial charge in [-0.25, -0.2) is 8.78 Å². The van der Waals surface area contributed by atoms with Crippen molar-refractivity contribution in [2.24, 2.45) is 5.73 Å². The molecule has 0 aliphatic rings. The molecule has 1 atom stereocenters. The highest BCUT2D eigenvalue weighted by atomic mass is 19.1. The van der Waals surface area contributed by atoms with E-state index in [1.165, 1.54) is 18.2 Å². The molecule has 0 aliphatic carbocycles. The summed E-state index contributed by atoms with van der Waals surface area (Å²) < 4.78 is 27.0. The van der Waals surface area contributed by atoms with Crippen LogP contribution < -0.4 is 11.1 Å². The fourth-order valence-corrected chi connectivity index (χ4v) is 1.96. The minimum atomic E-state index is -0.843. The van der Waals surface area contributed by atoms with Crippen LogP contribution in [0.25, 0.3) is 0 Å². The van der Waals surface area contributed by atoms with E-state index in [1.807, 2.05) is 0 Å². The first-order valence-electron chi connectivity index (χ1n) is 6.09. The Labute approximate surface area is 115 Å². The zero-order valence-corrected chi connectivity index (χ0v) is 10.9. The molecule has 104 valence electrons. The van der Waals surface area contributed by atoms with E-state index in [2.05, 4.69) is 5.32 Å². The molecule has 3 nitrogen and oxygen atoms in total. The molecule has 0 aromatic heterocycles. The molecule has 0 bridgehead atoms. The number of halogens is 2. The molecule has 0 spiro atoms. The Morgan fingerprint density at radius 2 is 1.85 bits per heavy atom. The molecule has 1 unspecified atom stereocenters. The van der Waals surface area contributed by atoms with Crippen LogP contribution >= 0.6 is 0 Å². The summed E-state index contributed by atoms with van der Waals surface area (Å²) >= 11 is 0. The second-order valence-corrected chi connectivity index (χ2v) is 4.45. The number of amides is 1. The van der Waals surface area contributed by atoms with Gasteiger partial charge in [0.05, 0.1) is 11.6 Å². The van der Waals surface area contributed by atoms with Gasteiger partial charge in [0.15, 0.2) is 0 Å². The lowest BCUT2D eigenvalue weighted by Crippen LogP contribution is -2.14. The molecule has 0 radical (unpaired) electrons. The van der Waals surface area contributed by atoms with E-state index in [9.17, 15) is 13.6 Å². The first kappa shape index (κ1) is 14.0. The Morgan fingerprint density at radius 3 is 2.50 bits per heavy atom. The Kier molecular flexibility index (Phi) is 3.98. The molecule has 0 saturated heterocycles. The zero-order valence-electron chi connectivity index (χ0n) is 10.9. The van der Waals surface area contributed by atoms with Gasteiger partial charge in [-0.3, -0.25) is 4.79 Å². The molecule has 20 heavy (non-hydrogen) atoms. The minimum Gasteiger partial charge on any atom is -0.378 e. The van der Waals surface area contributed by atoms with Crippen LogP contribution in [0.3, 0.4) is 0 Å². The third kappa shape index (κ3) is 2.93. The molecule has 0 fully saturated rings. The molecular formula is C15H14F2N2O. The molecule has 5 heteroatoms. The fraction of sp³-hybridized carbons (Fsp3) is 0.133. The molecule has 3 N–H and O–H groups in total. The highest BCUT2D eigenvalue weighted by Gasteiger charge is 2.13. The fourth-order valence-electron chi connectivity index (χ4n) is 1.96. The number of carbonyl (C=O) groups excluding carboxylic acids is 1. The van der Waals surface area contributed by atoms with Crippen molar-refractivity contribution in [1.82, 2.24) is 0 Å². The molecule has 2 aromatic carbocycles. The number of nitrogens with one attached hydrogen (secondary N) is 1. The van der Waals surface area contributed by atoms with Crippen molar-refractivity contribution in [3.05, 3.63) is 65.2 Å². The predicted octanol–water partition coefficient (Wildman–Crippen LogP) is 3.24. The Balaban J connectivity index is 2.24. The van der Waals surface area contributed by atoms with Gasteiger partial charge in [-0.15, -0.1) is 0 Å². The first-order valence-corrected chi connectivity index (χ1v) is 6.09. The van der Waals surface area contributed by atoms with Crippen LogP contribution in [0, 0.1) is 11.6 Å². The minimum absolute atomic E-state index is 0.198. The number of anilines is 1. The van der Waals surface area contributed by atoms with Gasteiger partial charge in [0.2, 0.25) is 0 Å². The number of primary amides is 1. The van der Waals surface area contributed by atoms with Crippen molar-refractivity contribution in [3.63, 3.8) is 0 Å². The van der Waals surface area contributed by atoms with Gasteiger partial charge >= 0.3 is 0 Å². The van der Waals surface area contributed by atoms with Crippen LogP contribution in [0.4, 0.5) is 14.5 Å². The summed E-state index contributed by atoms with van der Waals surface area (Å²) in [6.45, 7) is 1.77. The van der Waals surface area contributed by atoms with E-state index in [0.717, 1.165) is 6.07 Å². The Hall–Kier alpha value is -2.43. The number of carbonyl (C=O) groups is 1. The highest BCUT2D eigenvalue weighted by Crippen LogP contribution is 2.23. The monoisotopic (exact) mass is 276 g/mol. The van der Waals surface area contributed by atoms with Crippen LogP contribution in [0.1, 0.15) is 28.9 Å². The van der Waals surface area contributed by atoms with Gasteiger partial charge in [-0.2, -0.15) is 0 Å². The Morgan fingerprint density at radius 1 is 1.15 bits per heavy atom. The molecule has 0 heterocycles. The molecule has 0 aliphatic heterocycles. The largest absolute Gasteiger partial charge is 0.378 e. The molecular weight excluding hydrogens is 262 g/mol. The van der Waals surface area contributed by atoms with Crippen molar-refractivity contribution in [2.45, 2.75) is 13.0 Å². The molecule has 2 aromatic rings. The number of hydrogen-bond acceptors (Lipinski definition) is 2. The maximum atomic E-state index is 13.6. The molecule has 0 saturated carbocycles. The summed E-state index contributed by atoms with van der Waals surface area (Å²) in [7, 11) is 0. The van der Waals surface area contributed by atoms with Crippen molar-refractivity contribution < 1.29 is 13.6 Å². The van der Waals surface area contributed by atoms with Crippen molar-refractivity contribution >= 4 is 11.6 Å². The number of rotatable bonds is 4. The molecule has 2 rings (SSSR count). The average molecular weight is 276 g/mol. The second-order valence-electron chi connectivity index (χ2n) is 4.45. The van der Waals surface area contributed by atoms with E-state index in [0.29, 0.717) is 11.3 Å². The lowest BCUT2D eigenvalue weighted by Gasteiger charge is -2.17. The van der Waals surface area contributed by atoms with E-state index >= 15 is 0 Å². The number of nitrogens with two attached hydrogens (primary N) is 1. The topological polar surface area (TPSA) is 55.1 Å². The summed E-state index contributed by atoms with van der Waals surface area (Å²) in [5, 5.41) is 3.01. The zero-order chi connectivity index (χ0) is 14.7. The lowest BCUT2D eigenvalue weighted by atomic mass is 10.1. The van der Waals surface area contributed by atoms with E-state index in [-0.39, 0.29) is 17.4 Å². The van der Waals surface area contributed by atoms with Crippen LogP contribution in [0.2, 0.25) is 0 Å².